The van der Waals surface area contributed by atoms with Crippen LogP contribution in [-0.2, 0) is 12.7 Å². The molecule has 0 aliphatic heterocycles. The van der Waals surface area contributed by atoms with E-state index in [0.29, 0.717) is 33.8 Å². The molecule has 172 valence electrons. The van der Waals surface area contributed by atoms with Gasteiger partial charge in [-0.05, 0) is 60.2 Å². The van der Waals surface area contributed by atoms with Gasteiger partial charge in [-0.3, -0.25) is 4.79 Å². The van der Waals surface area contributed by atoms with Crippen molar-refractivity contribution in [1.29, 1.82) is 0 Å². The van der Waals surface area contributed by atoms with Gasteiger partial charge in [0.05, 0.1) is 5.56 Å². The summed E-state index contributed by atoms with van der Waals surface area (Å²) < 4.78 is 60.5. The normalized spacial score (nSPS) is 11.9. The van der Waals surface area contributed by atoms with Crippen molar-refractivity contribution in [3.63, 3.8) is 0 Å². The number of anilines is 1. The van der Waals surface area contributed by atoms with Crippen LogP contribution in [0, 0.1) is 12.7 Å². The number of nitrogens with zero attached hydrogens (tertiary/aromatic N) is 2. The molecule has 2 heterocycles. The summed E-state index contributed by atoms with van der Waals surface area (Å²) in [7, 11) is 0. The number of benzene rings is 3. The highest BCUT2D eigenvalue weighted by atomic mass is 19.4. The Hall–Kier alpha value is -4.14. The third-order valence-electron chi connectivity index (χ3n) is 5.44. The number of halogens is 4. The maximum absolute atomic E-state index is 13.7. The van der Waals surface area contributed by atoms with Gasteiger partial charge in [-0.15, -0.1) is 0 Å². The fourth-order valence-corrected chi connectivity index (χ4v) is 3.94. The zero-order valence-electron chi connectivity index (χ0n) is 17.8. The van der Waals surface area contributed by atoms with E-state index in [1.165, 1.54) is 30.3 Å². The van der Waals surface area contributed by atoms with Crippen molar-refractivity contribution in [2.24, 2.45) is 0 Å². The van der Waals surface area contributed by atoms with E-state index < -0.39 is 23.5 Å². The number of nitrogens with one attached hydrogen (secondary N) is 1. The maximum atomic E-state index is 13.7. The number of carbonyl (C=O) groups excluding carboxylic acids is 1. The minimum absolute atomic E-state index is 0.0941. The zero-order chi connectivity index (χ0) is 24.0. The molecular weight excluding hydrogens is 450 g/mol. The number of rotatable bonds is 4. The molecule has 0 aliphatic carbocycles. The molecule has 5 aromatic rings. The third kappa shape index (κ3) is 4.12. The van der Waals surface area contributed by atoms with Crippen LogP contribution in [0.2, 0.25) is 0 Å². The van der Waals surface area contributed by atoms with Crippen molar-refractivity contribution in [2.75, 3.05) is 5.32 Å². The lowest BCUT2D eigenvalue weighted by molar-refractivity contribution is -0.137. The molecule has 1 amide bonds. The fraction of sp³-hybridized carbons (Fsp3) is 0.120. The summed E-state index contributed by atoms with van der Waals surface area (Å²) in [5.41, 5.74) is 1.87. The molecule has 34 heavy (non-hydrogen) atoms. The Morgan fingerprint density at radius 2 is 1.88 bits per heavy atom. The molecule has 0 unspecified atom stereocenters. The lowest BCUT2D eigenvalue weighted by Gasteiger charge is -2.12. The topological polar surface area (TPSA) is 60.1 Å². The van der Waals surface area contributed by atoms with Gasteiger partial charge < -0.3 is 14.3 Å². The number of hydrogen-bond acceptors (Lipinski definition) is 3. The van der Waals surface area contributed by atoms with Gasteiger partial charge >= 0.3 is 6.18 Å². The number of oxazole rings is 1. The summed E-state index contributed by atoms with van der Waals surface area (Å²) in [6.45, 7) is 1.80. The predicted octanol–water partition coefficient (Wildman–Crippen LogP) is 6.55. The van der Waals surface area contributed by atoms with E-state index >= 15 is 0 Å². The summed E-state index contributed by atoms with van der Waals surface area (Å²) >= 11 is 0. The lowest BCUT2D eigenvalue weighted by Crippen LogP contribution is -2.17. The molecule has 0 spiro atoms. The van der Waals surface area contributed by atoms with Crippen molar-refractivity contribution in [1.82, 2.24) is 9.55 Å². The number of amides is 1. The van der Waals surface area contributed by atoms with E-state index in [1.807, 2.05) is 0 Å². The molecule has 1 N–H and O–H groups in total. The largest absolute Gasteiger partial charge is 0.441 e. The van der Waals surface area contributed by atoms with Crippen molar-refractivity contribution >= 4 is 33.6 Å². The van der Waals surface area contributed by atoms with Gasteiger partial charge in [0.2, 0.25) is 0 Å². The SMILES string of the molecule is Cc1nc2cc(NC(=O)c3cc4cc(C(F)(F)F)ccc4n3Cc3cccc(F)c3)ccc2o1. The Labute approximate surface area is 190 Å². The Kier molecular flexibility index (Phi) is 5.11. The number of aromatic nitrogens is 2. The maximum Gasteiger partial charge on any atom is 0.416 e. The molecule has 0 atom stereocenters. The molecule has 0 radical (unpaired) electrons. The highest BCUT2D eigenvalue weighted by molar-refractivity contribution is 6.07. The molecule has 2 aromatic heterocycles. The lowest BCUT2D eigenvalue weighted by atomic mass is 10.1. The Morgan fingerprint density at radius 1 is 1.06 bits per heavy atom. The highest BCUT2D eigenvalue weighted by Crippen LogP contribution is 2.33. The molecular formula is C25H17F4N3O2. The Morgan fingerprint density at radius 3 is 2.65 bits per heavy atom. The second-order valence-corrected chi connectivity index (χ2v) is 7.89. The summed E-state index contributed by atoms with van der Waals surface area (Å²) in [4.78, 5) is 17.5. The summed E-state index contributed by atoms with van der Waals surface area (Å²) in [6.07, 6.45) is -4.52. The van der Waals surface area contributed by atoms with Gasteiger partial charge in [0.15, 0.2) is 11.5 Å². The van der Waals surface area contributed by atoms with E-state index in [-0.39, 0.29) is 17.6 Å². The second kappa shape index (κ2) is 8.02. The van der Waals surface area contributed by atoms with E-state index in [0.717, 1.165) is 12.1 Å². The van der Waals surface area contributed by atoms with Gasteiger partial charge in [0, 0.05) is 30.1 Å². The Balaban J connectivity index is 1.57. The van der Waals surface area contributed by atoms with Crippen LogP contribution in [0.4, 0.5) is 23.2 Å². The summed E-state index contributed by atoms with van der Waals surface area (Å²) in [5.74, 6) is -0.495. The van der Waals surface area contributed by atoms with Gasteiger partial charge in [-0.25, -0.2) is 9.37 Å². The van der Waals surface area contributed by atoms with Crippen molar-refractivity contribution in [2.45, 2.75) is 19.6 Å². The van der Waals surface area contributed by atoms with Gasteiger partial charge in [0.1, 0.15) is 17.0 Å². The smallest absolute Gasteiger partial charge is 0.416 e. The van der Waals surface area contributed by atoms with Crippen molar-refractivity contribution in [3.05, 3.63) is 95.3 Å². The molecule has 0 saturated heterocycles. The number of fused-ring (bicyclic) bond motifs is 2. The van der Waals surface area contributed by atoms with E-state index in [4.69, 9.17) is 4.42 Å². The summed E-state index contributed by atoms with van der Waals surface area (Å²) in [6, 6.07) is 15.5. The number of aryl methyl sites for hydroxylation is 1. The monoisotopic (exact) mass is 467 g/mol. The molecule has 0 aliphatic rings. The zero-order valence-corrected chi connectivity index (χ0v) is 17.8. The average Bonchev–Trinajstić information content (AvgIpc) is 3.32. The predicted molar refractivity (Wildman–Crippen MR) is 119 cm³/mol. The first-order chi connectivity index (χ1) is 16.2. The van der Waals surface area contributed by atoms with Crippen LogP contribution in [0.1, 0.15) is 27.5 Å². The first-order valence-electron chi connectivity index (χ1n) is 10.3. The highest BCUT2D eigenvalue weighted by Gasteiger charge is 2.31. The van der Waals surface area contributed by atoms with Gasteiger partial charge in [0.25, 0.3) is 5.91 Å². The second-order valence-electron chi connectivity index (χ2n) is 7.89. The molecule has 0 saturated carbocycles. The Bertz CT molecular complexity index is 1550. The van der Waals surface area contributed by atoms with Crippen LogP contribution in [0.3, 0.4) is 0 Å². The number of carbonyl (C=O) groups is 1. The summed E-state index contributed by atoms with van der Waals surface area (Å²) in [5, 5.41) is 3.01. The van der Waals surface area contributed by atoms with Crippen LogP contribution in [0.15, 0.2) is 71.1 Å². The van der Waals surface area contributed by atoms with Gasteiger partial charge in [-0.1, -0.05) is 12.1 Å². The van der Waals surface area contributed by atoms with Crippen LogP contribution >= 0.6 is 0 Å². The molecule has 5 nitrogen and oxygen atoms in total. The molecule has 9 heteroatoms. The van der Waals surface area contributed by atoms with Crippen LogP contribution in [0.5, 0.6) is 0 Å². The molecule has 0 fully saturated rings. The van der Waals surface area contributed by atoms with Crippen molar-refractivity contribution < 1.29 is 26.8 Å². The van der Waals surface area contributed by atoms with Gasteiger partial charge in [-0.2, -0.15) is 13.2 Å². The van der Waals surface area contributed by atoms with E-state index in [9.17, 15) is 22.4 Å². The van der Waals surface area contributed by atoms with E-state index in [2.05, 4.69) is 10.3 Å². The standard InChI is InChI=1S/C25H17F4N3O2/c1-14-30-20-12-19(6-8-23(20)34-14)31-24(33)22-11-16-10-17(25(27,28)29)5-7-21(16)32(22)13-15-3-2-4-18(26)9-15/h2-12H,13H2,1H3,(H,31,33). The van der Waals surface area contributed by atoms with Crippen LogP contribution in [-0.4, -0.2) is 15.5 Å². The first-order valence-corrected chi connectivity index (χ1v) is 10.3. The molecule has 5 rings (SSSR count). The molecule has 0 bridgehead atoms. The van der Waals surface area contributed by atoms with Crippen LogP contribution < -0.4 is 5.32 Å². The van der Waals surface area contributed by atoms with Crippen LogP contribution in [0.25, 0.3) is 22.0 Å². The quantitative estimate of drug-likeness (QED) is 0.305. The number of hydrogen-bond donors (Lipinski definition) is 1. The van der Waals surface area contributed by atoms with E-state index in [1.54, 1.807) is 35.8 Å². The first kappa shape index (κ1) is 21.7. The minimum Gasteiger partial charge on any atom is -0.441 e. The average molecular weight is 467 g/mol. The minimum atomic E-state index is -4.52. The number of alkyl halides is 3. The third-order valence-corrected chi connectivity index (χ3v) is 5.44. The fourth-order valence-electron chi connectivity index (χ4n) is 3.94. The molecule has 3 aromatic carbocycles. The van der Waals surface area contributed by atoms with Crippen molar-refractivity contribution in [3.8, 4) is 0 Å².